The van der Waals surface area contributed by atoms with Gasteiger partial charge < -0.3 is 20.0 Å². The average Bonchev–Trinajstić information content (AvgIpc) is 3.06. The lowest BCUT2D eigenvalue weighted by atomic mass is 9.90. The maximum Gasteiger partial charge on any atom is 0.326 e. The van der Waals surface area contributed by atoms with E-state index in [9.17, 15) is 14.4 Å². The Morgan fingerprint density at radius 3 is 2.80 bits per heavy atom. The van der Waals surface area contributed by atoms with E-state index in [0.717, 1.165) is 25.0 Å². The molecule has 3 heterocycles. The Labute approximate surface area is 144 Å². The summed E-state index contributed by atoms with van der Waals surface area (Å²) in [5, 5.41) is 0. The number of carbonyl (C=O) groups excluding carboxylic acids is 1. The Balaban J connectivity index is 1.99. The van der Waals surface area contributed by atoms with Crippen molar-refractivity contribution in [2.75, 3.05) is 12.3 Å². The lowest BCUT2D eigenvalue weighted by molar-refractivity contribution is 0.0513. The van der Waals surface area contributed by atoms with Crippen LogP contribution in [-0.2, 0) is 6.42 Å². The van der Waals surface area contributed by atoms with Crippen LogP contribution in [0.25, 0.3) is 0 Å². The third kappa shape index (κ3) is 3.24. The van der Waals surface area contributed by atoms with Gasteiger partial charge in [0.25, 0.3) is 11.5 Å². The molecule has 2 atom stereocenters. The fourth-order valence-electron chi connectivity index (χ4n) is 3.23. The molecule has 0 aromatic carbocycles. The number of rotatable bonds is 3. The van der Waals surface area contributed by atoms with E-state index in [4.69, 9.17) is 10.2 Å². The molecular weight excluding hydrogens is 324 g/mol. The molecule has 134 valence electrons. The number of aryl methyl sites for hydroxylation is 1. The fourth-order valence-corrected chi connectivity index (χ4v) is 3.23. The smallest absolute Gasteiger partial charge is 0.326 e. The predicted octanol–water partition coefficient (Wildman–Crippen LogP) is 1.41. The van der Waals surface area contributed by atoms with Gasteiger partial charge in [0.2, 0.25) is 0 Å². The number of aromatic amines is 2. The van der Waals surface area contributed by atoms with Crippen LogP contribution in [0.15, 0.2) is 26.1 Å². The molecule has 0 radical (unpaired) electrons. The van der Waals surface area contributed by atoms with Gasteiger partial charge in [-0.15, -0.1) is 0 Å². The largest absolute Gasteiger partial charge is 0.464 e. The summed E-state index contributed by atoms with van der Waals surface area (Å²) in [7, 11) is 0. The monoisotopic (exact) mass is 346 g/mol. The van der Waals surface area contributed by atoms with Crippen LogP contribution in [-0.4, -0.2) is 27.3 Å². The number of hydrogen-bond acceptors (Lipinski definition) is 5. The lowest BCUT2D eigenvalue weighted by Crippen LogP contribution is -2.42. The molecule has 2 aromatic heterocycles. The van der Waals surface area contributed by atoms with Crippen LogP contribution in [0, 0.1) is 5.92 Å². The van der Waals surface area contributed by atoms with E-state index in [1.807, 2.05) is 24.0 Å². The molecule has 2 aromatic rings. The van der Waals surface area contributed by atoms with Gasteiger partial charge in [-0.1, -0.05) is 13.8 Å². The van der Waals surface area contributed by atoms with Gasteiger partial charge in [-0.25, -0.2) is 4.79 Å². The van der Waals surface area contributed by atoms with Crippen molar-refractivity contribution in [3.8, 4) is 0 Å². The highest BCUT2D eigenvalue weighted by molar-refractivity contribution is 5.97. The minimum atomic E-state index is -0.764. The van der Waals surface area contributed by atoms with E-state index in [1.54, 1.807) is 4.90 Å². The first-order valence-electron chi connectivity index (χ1n) is 8.42. The molecule has 0 bridgehead atoms. The first kappa shape index (κ1) is 17.1. The highest BCUT2D eigenvalue weighted by Crippen LogP contribution is 2.36. The molecule has 1 fully saturated rings. The molecule has 1 amide bonds. The Morgan fingerprint density at radius 2 is 2.12 bits per heavy atom. The molecule has 2 unspecified atom stereocenters. The number of H-pyrrole nitrogens is 2. The molecule has 8 nitrogen and oxygen atoms in total. The molecule has 1 aliphatic rings. The second-order valence-corrected chi connectivity index (χ2v) is 6.50. The van der Waals surface area contributed by atoms with Crippen molar-refractivity contribution < 1.29 is 9.21 Å². The van der Waals surface area contributed by atoms with Crippen molar-refractivity contribution in [2.24, 2.45) is 5.92 Å². The molecule has 1 saturated heterocycles. The molecule has 4 N–H and O–H groups in total. The predicted molar refractivity (Wildman–Crippen MR) is 92.4 cm³/mol. The number of amides is 1. The van der Waals surface area contributed by atoms with Crippen molar-refractivity contribution in [1.82, 2.24) is 14.9 Å². The number of nitrogens with two attached hydrogens (primary N) is 1. The summed E-state index contributed by atoms with van der Waals surface area (Å²) < 4.78 is 5.85. The SMILES string of the molecule is CCc1ccc(C2CC(C)CCN2C(=O)c2[nH]c(=O)[nH]c(=O)c2N)o1. The van der Waals surface area contributed by atoms with E-state index in [1.165, 1.54) is 0 Å². The van der Waals surface area contributed by atoms with Gasteiger partial charge in [0.1, 0.15) is 22.9 Å². The third-order valence-corrected chi connectivity index (χ3v) is 4.68. The zero-order chi connectivity index (χ0) is 18.1. The lowest BCUT2D eigenvalue weighted by Gasteiger charge is -2.37. The van der Waals surface area contributed by atoms with Gasteiger partial charge in [-0.05, 0) is 30.9 Å². The van der Waals surface area contributed by atoms with Crippen LogP contribution in [0.3, 0.4) is 0 Å². The van der Waals surface area contributed by atoms with E-state index in [2.05, 4.69) is 11.9 Å². The summed E-state index contributed by atoms with van der Waals surface area (Å²) in [6.07, 6.45) is 2.34. The normalized spacial score (nSPS) is 20.6. The molecule has 25 heavy (non-hydrogen) atoms. The molecule has 0 aliphatic carbocycles. The van der Waals surface area contributed by atoms with Crippen LogP contribution in [0.4, 0.5) is 5.69 Å². The van der Waals surface area contributed by atoms with Gasteiger partial charge in [-0.3, -0.25) is 14.6 Å². The number of hydrogen-bond donors (Lipinski definition) is 3. The van der Waals surface area contributed by atoms with E-state index in [-0.39, 0.29) is 17.4 Å². The first-order valence-corrected chi connectivity index (χ1v) is 8.42. The number of likely N-dealkylation sites (tertiary alicyclic amines) is 1. The van der Waals surface area contributed by atoms with Crippen LogP contribution >= 0.6 is 0 Å². The van der Waals surface area contributed by atoms with Crippen LogP contribution in [0.2, 0.25) is 0 Å². The summed E-state index contributed by atoms with van der Waals surface area (Å²) in [5.41, 5.74) is 3.74. The molecule has 0 spiro atoms. The summed E-state index contributed by atoms with van der Waals surface area (Å²) in [4.78, 5) is 42.2. The molecule has 0 saturated carbocycles. The van der Waals surface area contributed by atoms with Crippen LogP contribution in [0.5, 0.6) is 0 Å². The number of nitrogens with zero attached hydrogens (tertiary/aromatic N) is 1. The quantitative estimate of drug-likeness (QED) is 0.775. The topological polar surface area (TPSA) is 125 Å². The van der Waals surface area contributed by atoms with E-state index >= 15 is 0 Å². The Hall–Kier alpha value is -2.77. The first-order chi connectivity index (χ1) is 11.9. The second-order valence-electron chi connectivity index (χ2n) is 6.50. The standard InChI is InChI=1S/C17H22N4O4/c1-3-10-4-5-12(25-10)11-8-9(2)6-7-21(11)16(23)14-13(18)15(22)20-17(24)19-14/h4-5,9,11H,3,6-8,18H2,1-2H3,(H2,19,20,22,24). The Bertz CT molecular complexity index is 895. The molecule has 3 rings (SSSR count). The summed E-state index contributed by atoms with van der Waals surface area (Å²) in [6.45, 7) is 4.62. The van der Waals surface area contributed by atoms with Gasteiger partial charge >= 0.3 is 5.69 Å². The number of aromatic nitrogens is 2. The number of piperidine rings is 1. The molecule has 8 heteroatoms. The molecule has 1 aliphatic heterocycles. The van der Waals surface area contributed by atoms with Crippen molar-refractivity contribution >= 4 is 11.6 Å². The van der Waals surface area contributed by atoms with Crippen LogP contribution < -0.4 is 17.0 Å². The zero-order valence-electron chi connectivity index (χ0n) is 14.3. The zero-order valence-corrected chi connectivity index (χ0v) is 14.3. The maximum absolute atomic E-state index is 13.0. The van der Waals surface area contributed by atoms with Gasteiger partial charge in [0.15, 0.2) is 0 Å². The Kier molecular flexibility index (Phi) is 4.52. The van der Waals surface area contributed by atoms with Gasteiger partial charge in [-0.2, -0.15) is 0 Å². The van der Waals surface area contributed by atoms with Crippen molar-refractivity contribution in [3.63, 3.8) is 0 Å². The van der Waals surface area contributed by atoms with E-state index < -0.39 is 17.2 Å². The van der Waals surface area contributed by atoms with Crippen molar-refractivity contribution in [2.45, 2.75) is 39.2 Å². The van der Waals surface area contributed by atoms with Gasteiger partial charge in [0, 0.05) is 13.0 Å². The van der Waals surface area contributed by atoms with Crippen molar-refractivity contribution in [3.05, 3.63) is 50.2 Å². The minimum absolute atomic E-state index is 0.171. The highest BCUT2D eigenvalue weighted by atomic mass is 16.3. The van der Waals surface area contributed by atoms with Crippen LogP contribution in [0.1, 0.15) is 54.7 Å². The summed E-state index contributed by atoms with van der Waals surface area (Å²) in [6, 6.07) is 3.53. The van der Waals surface area contributed by atoms with Gasteiger partial charge in [0.05, 0.1) is 6.04 Å². The fraction of sp³-hybridized carbons (Fsp3) is 0.471. The summed E-state index contributed by atoms with van der Waals surface area (Å²) >= 11 is 0. The number of furan rings is 1. The minimum Gasteiger partial charge on any atom is -0.464 e. The molecular formula is C17H22N4O4. The van der Waals surface area contributed by atoms with E-state index in [0.29, 0.717) is 18.2 Å². The number of nitrogen functional groups attached to an aromatic ring is 1. The number of nitrogens with one attached hydrogen (secondary N) is 2. The number of anilines is 1. The maximum atomic E-state index is 13.0. The number of carbonyl (C=O) groups is 1. The second kappa shape index (κ2) is 6.62. The Morgan fingerprint density at radius 1 is 1.36 bits per heavy atom. The third-order valence-electron chi connectivity index (χ3n) is 4.68. The highest BCUT2D eigenvalue weighted by Gasteiger charge is 2.35. The average molecular weight is 346 g/mol. The summed E-state index contributed by atoms with van der Waals surface area (Å²) in [5.74, 6) is 1.53. The van der Waals surface area contributed by atoms with Crippen molar-refractivity contribution in [1.29, 1.82) is 0 Å².